The van der Waals surface area contributed by atoms with Crippen LogP contribution in [0.4, 0.5) is 4.39 Å². The number of aromatic nitrogens is 2. The second-order valence-corrected chi connectivity index (χ2v) is 4.50. The minimum absolute atomic E-state index is 0.234. The van der Waals surface area contributed by atoms with Crippen LogP contribution >= 0.6 is 0 Å². The Morgan fingerprint density at radius 1 is 1.53 bits per heavy atom. The van der Waals surface area contributed by atoms with Crippen LogP contribution in [0.5, 0.6) is 0 Å². The standard InChI is InChI=1S/C13H15FN2O/c1-2-12-9(5-6-17-12)13-15-10-4-3-8(14)7-11(10)16-13/h3-4,7,9,12H,2,5-6H2,1H3,(H,15,16). The average Bonchev–Trinajstić information content (AvgIpc) is 2.93. The van der Waals surface area contributed by atoms with Gasteiger partial charge in [0.05, 0.1) is 17.1 Å². The monoisotopic (exact) mass is 234 g/mol. The number of nitrogens with one attached hydrogen (secondary N) is 1. The summed E-state index contributed by atoms with van der Waals surface area (Å²) in [5.41, 5.74) is 1.59. The van der Waals surface area contributed by atoms with E-state index in [1.807, 2.05) is 0 Å². The first kappa shape index (κ1) is 10.7. The molecule has 0 spiro atoms. The Kier molecular flexibility index (Phi) is 2.59. The molecule has 0 amide bonds. The SMILES string of the molecule is CCC1OCCC1c1nc2ccc(F)cc2[nH]1. The first-order chi connectivity index (χ1) is 8.28. The van der Waals surface area contributed by atoms with Crippen molar-refractivity contribution in [2.75, 3.05) is 6.61 Å². The maximum atomic E-state index is 13.1. The van der Waals surface area contributed by atoms with Gasteiger partial charge < -0.3 is 9.72 Å². The quantitative estimate of drug-likeness (QED) is 0.867. The average molecular weight is 234 g/mol. The fourth-order valence-electron chi connectivity index (χ4n) is 2.54. The molecule has 1 aromatic heterocycles. The van der Waals surface area contributed by atoms with E-state index in [-0.39, 0.29) is 11.9 Å². The molecular formula is C13H15FN2O. The number of imidazole rings is 1. The van der Waals surface area contributed by atoms with Gasteiger partial charge in [0.15, 0.2) is 0 Å². The number of benzene rings is 1. The lowest BCUT2D eigenvalue weighted by Crippen LogP contribution is -2.14. The van der Waals surface area contributed by atoms with Gasteiger partial charge in [-0.1, -0.05) is 6.92 Å². The lowest BCUT2D eigenvalue weighted by atomic mass is 9.99. The maximum Gasteiger partial charge on any atom is 0.125 e. The third kappa shape index (κ3) is 1.82. The normalized spacial score (nSPS) is 24.6. The van der Waals surface area contributed by atoms with Crippen molar-refractivity contribution in [2.24, 2.45) is 0 Å². The first-order valence-electron chi connectivity index (χ1n) is 6.04. The van der Waals surface area contributed by atoms with Crippen molar-refractivity contribution in [2.45, 2.75) is 31.8 Å². The molecule has 1 saturated heterocycles. The highest BCUT2D eigenvalue weighted by molar-refractivity contribution is 5.75. The molecule has 1 aromatic carbocycles. The van der Waals surface area contributed by atoms with Crippen LogP contribution < -0.4 is 0 Å². The van der Waals surface area contributed by atoms with E-state index >= 15 is 0 Å². The summed E-state index contributed by atoms with van der Waals surface area (Å²) in [6.07, 6.45) is 2.21. The number of fused-ring (bicyclic) bond motifs is 1. The van der Waals surface area contributed by atoms with Gasteiger partial charge in [-0.3, -0.25) is 0 Å². The highest BCUT2D eigenvalue weighted by Gasteiger charge is 2.30. The second-order valence-electron chi connectivity index (χ2n) is 4.50. The van der Waals surface area contributed by atoms with Crippen molar-refractivity contribution >= 4 is 11.0 Å². The van der Waals surface area contributed by atoms with Gasteiger partial charge in [-0.2, -0.15) is 0 Å². The molecule has 1 aliphatic rings. The van der Waals surface area contributed by atoms with Gasteiger partial charge in [0.2, 0.25) is 0 Å². The Labute approximate surface area is 99.0 Å². The van der Waals surface area contributed by atoms with E-state index in [2.05, 4.69) is 16.9 Å². The number of rotatable bonds is 2. The van der Waals surface area contributed by atoms with Gasteiger partial charge in [0, 0.05) is 12.5 Å². The molecule has 0 bridgehead atoms. The van der Waals surface area contributed by atoms with Crippen LogP contribution in [-0.2, 0) is 4.74 Å². The molecule has 4 heteroatoms. The lowest BCUT2D eigenvalue weighted by Gasteiger charge is -2.13. The fourth-order valence-corrected chi connectivity index (χ4v) is 2.54. The molecule has 3 nitrogen and oxygen atoms in total. The molecule has 3 rings (SSSR count). The van der Waals surface area contributed by atoms with E-state index in [0.29, 0.717) is 5.92 Å². The van der Waals surface area contributed by atoms with Crippen LogP contribution in [0.1, 0.15) is 31.5 Å². The predicted molar refractivity (Wildman–Crippen MR) is 63.4 cm³/mol. The molecule has 2 aromatic rings. The lowest BCUT2D eigenvalue weighted by molar-refractivity contribution is 0.0996. The van der Waals surface area contributed by atoms with Crippen LogP contribution in [0.15, 0.2) is 18.2 Å². The number of aromatic amines is 1. The molecule has 17 heavy (non-hydrogen) atoms. The summed E-state index contributed by atoms with van der Waals surface area (Å²) in [4.78, 5) is 7.74. The maximum absolute atomic E-state index is 13.1. The van der Waals surface area contributed by atoms with E-state index in [1.54, 1.807) is 6.07 Å². The molecule has 0 saturated carbocycles. The summed E-state index contributed by atoms with van der Waals surface area (Å²) < 4.78 is 18.7. The zero-order valence-electron chi connectivity index (χ0n) is 9.74. The predicted octanol–water partition coefficient (Wildman–Crippen LogP) is 2.98. The molecule has 2 atom stereocenters. The van der Waals surface area contributed by atoms with Crippen molar-refractivity contribution in [3.8, 4) is 0 Å². The minimum atomic E-state index is -0.234. The molecule has 1 N–H and O–H groups in total. The summed E-state index contributed by atoms with van der Waals surface area (Å²) >= 11 is 0. The molecule has 2 unspecified atom stereocenters. The second kappa shape index (κ2) is 4.11. The highest BCUT2D eigenvalue weighted by atomic mass is 19.1. The number of nitrogens with zero attached hydrogens (tertiary/aromatic N) is 1. The van der Waals surface area contributed by atoms with Crippen molar-refractivity contribution in [3.05, 3.63) is 29.8 Å². The van der Waals surface area contributed by atoms with Crippen molar-refractivity contribution in [1.82, 2.24) is 9.97 Å². The summed E-state index contributed by atoms with van der Waals surface area (Å²) in [5.74, 6) is 1.01. The van der Waals surface area contributed by atoms with Gasteiger partial charge in [0.25, 0.3) is 0 Å². The van der Waals surface area contributed by atoms with Gasteiger partial charge in [-0.15, -0.1) is 0 Å². The van der Waals surface area contributed by atoms with Crippen LogP contribution in [0.3, 0.4) is 0 Å². The Hall–Kier alpha value is -1.42. The Morgan fingerprint density at radius 3 is 3.24 bits per heavy atom. The highest BCUT2D eigenvalue weighted by Crippen LogP contribution is 2.32. The number of H-pyrrole nitrogens is 1. The number of hydrogen-bond acceptors (Lipinski definition) is 2. The largest absolute Gasteiger partial charge is 0.377 e. The molecule has 0 aliphatic carbocycles. The Bertz CT molecular complexity index is 537. The molecule has 90 valence electrons. The van der Waals surface area contributed by atoms with Crippen molar-refractivity contribution in [1.29, 1.82) is 0 Å². The molecular weight excluding hydrogens is 219 g/mol. The van der Waals surface area contributed by atoms with E-state index in [0.717, 1.165) is 36.3 Å². The third-order valence-corrected chi connectivity index (χ3v) is 3.43. The van der Waals surface area contributed by atoms with E-state index in [4.69, 9.17) is 4.74 Å². The Morgan fingerprint density at radius 2 is 2.41 bits per heavy atom. The number of ether oxygens (including phenoxy) is 1. The molecule has 2 heterocycles. The van der Waals surface area contributed by atoms with Crippen LogP contribution in [0.25, 0.3) is 11.0 Å². The smallest absolute Gasteiger partial charge is 0.125 e. The van der Waals surface area contributed by atoms with Gasteiger partial charge in [-0.25, -0.2) is 9.37 Å². The van der Waals surface area contributed by atoms with Gasteiger partial charge >= 0.3 is 0 Å². The Balaban J connectivity index is 2.00. The van der Waals surface area contributed by atoms with Crippen LogP contribution in [0.2, 0.25) is 0 Å². The zero-order chi connectivity index (χ0) is 11.8. The first-order valence-corrected chi connectivity index (χ1v) is 6.04. The summed E-state index contributed by atoms with van der Waals surface area (Å²) in [6.45, 7) is 2.90. The van der Waals surface area contributed by atoms with E-state index in [9.17, 15) is 4.39 Å². The van der Waals surface area contributed by atoms with E-state index < -0.39 is 0 Å². The minimum Gasteiger partial charge on any atom is -0.377 e. The van der Waals surface area contributed by atoms with Crippen LogP contribution in [0, 0.1) is 5.82 Å². The third-order valence-electron chi connectivity index (χ3n) is 3.43. The van der Waals surface area contributed by atoms with Crippen molar-refractivity contribution < 1.29 is 9.13 Å². The summed E-state index contributed by atoms with van der Waals surface area (Å²) in [5, 5.41) is 0. The zero-order valence-corrected chi connectivity index (χ0v) is 9.74. The molecule has 0 radical (unpaired) electrons. The van der Waals surface area contributed by atoms with Crippen molar-refractivity contribution in [3.63, 3.8) is 0 Å². The molecule has 1 fully saturated rings. The van der Waals surface area contributed by atoms with Gasteiger partial charge in [-0.05, 0) is 31.0 Å². The topological polar surface area (TPSA) is 37.9 Å². The van der Waals surface area contributed by atoms with E-state index in [1.165, 1.54) is 12.1 Å². The van der Waals surface area contributed by atoms with Gasteiger partial charge in [0.1, 0.15) is 11.6 Å². The van der Waals surface area contributed by atoms with Crippen LogP contribution in [-0.4, -0.2) is 22.7 Å². The summed E-state index contributed by atoms with van der Waals surface area (Å²) in [7, 11) is 0. The number of halogens is 1. The molecule has 1 aliphatic heterocycles. The number of hydrogen-bond donors (Lipinski definition) is 1. The summed E-state index contributed by atoms with van der Waals surface area (Å²) in [6, 6.07) is 4.64. The fraction of sp³-hybridized carbons (Fsp3) is 0.462.